The van der Waals surface area contributed by atoms with E-state index in [2.05, 4.69) is 12.2 Å². The molecule has 6 heteroatoms. The van der Waals surface area contributed by atoms with Gasteiger partial charge in [-0.2, -0.15) is 11.8 Å². The van der Waals surface area contributed by atoms with Crippen LogP contribution in [0.4, 0.5) is 4.79 Å². The summed E-state index contributed by atoms with van der Waals surface area (Å²) >= 11 is 1.91. The van der Waals surface area contributed by atoms with E-state index < -0.39 is 11.9 Å². The van der Waals surface area contributed by atoms with Gasteiger partial charge in [-0.3, -0.25) is 4.79 Å². The number of urea groups is 1. The Morgan fingerprint density at radius 3 is 2.80 bits per heavy atom. The quantitative estimate of drug-likeness (QED) is 0.835. The van der Waals surface area contributed by atoms with E-state index in [1.165, 1.54) is 12.8 Å². The lowest BCUT2D eigenvalue weighted by molar-refractivity contribution is -0.143. The van der Waals surface area contributed by atoms with Crippen LogP contribution in [0.25, 0.3) is 0 Å². The summed E-state index contributed by atoms with van der Waals surface area (Å²) in [4.78, 5) is 25.0. The number of likely N-dealkylation sites (tertiary alicyclic amines) is 1. The minimum Gasteiger partial charge on any atom is -0.481 e. The molecule has 0 spiro atoms. The molecule has 1 saturated heterocycles. The number of rotatable bonds is 4. The number of carbonyl (C=O) groups is 2. The first-order valence-corrected chi connectivity index (χ1v) is 8.56. The Kier molecular flexibility index (Phi) is 5.57. The summed E-state index contributed by atoms with van der Waals surface area (Å²) in [5.41, 5.74) is 0. The molecule has 2 rings (SSSR count). The van der Waals surface area contributed by atoms with Gasteiger partial charge in [-0.15, -0.1) is 0 Å². The van der Waals surface area contributed by atoms with Crippen LogP contribution in [0.3, 0.4) is 0 Å². The smallest absolute Gasteiger partial charge is 0.317 e. The SMILES string of the molecule is CCSC1CCCC1NC(=O)N1CCC[C@H](C(=O)O)C1. The largest absolute Gasteiger partial charge is 0.481 e. The predicted octanol–water partition coefficient (Wildman–Crippen LogP) is 2.17. The van der Waals surface area contributed by atoms with Gasteiger partial charge in [0.15, 0.2) is 0 Å². The average Bonchev–Trinajstić information content (AvgIpc) is 2.86. The minimum absolute atomic E-state index is 0.0791. The lowest BCUT2D eigenvalue weighted by Crippen LogP contribution is -2.51. The molecule has 2 amide bonds. The maximum absolute atomic E-state index is 12.3. The van der Waals surface area contributed by atoms with Gasteiger partial charge in [0.05, 0.1) is 5.92 Å². The zero-order valence-corrected chi connectivity index (χ0v) is 12.8. The van der Waals surface area contributed by atoms with Gasteiger partial charge in [0.25, 0.3) is 0 Å². The molecule has 2 N–H and O–H groups in total. The summed E-state index contributed by atoms with van der Waals surface area (Å²) in [5, 5.41) is 12.7. The first kappa shape index (κ1) is 15.5. The van der Waals surface area contributed by atoms with Gasteiger partial charge in [-0.05, 0) is 31.4 Å². The van der Waals surface area contributed by atoms with Gasteiger partial charge in [-0.25, -0.2) is 4.79 Å². The number of carboxylic acids is 1. The summed E-state index contributed by atoms with van der Waals surface area (Å²) in [6.45, 7) is 3.16. The van der Waals surface area contributed by atoms with Gasteiger partial charge < -0.3 is 15.3 Å². The van der Waals surface area contributed by atoms with Crippen LogP contribution in [-0.2, 0) is 4.79 Å². The zero-order chi connectivity index (χ0) is 14.5. The molecule has 2 fully saturated rings. The topological polar surface area (TPSA) is 69.6 Å². The van der Waals surface area contributed by atoms with E-state index in [0.717, 1.165) is 18.6 Å². The normalized spacial score (nSPS) is 30.2. The molecule has 0 bridgehead atoms. The number of amides is 2. The van der Waals surface area contributed by atoms with Crippen molar-refractivity contribution in [2.75, 3.05) is 18.8 Å². The Hall–Kier alpha value is -0.910. The highest BCUT2D eigenvalue weighted by Gasteiger charge is 2.32. The Bertz CT molecular complexity index is 364. The van der Waals surface area contributed by atoms with Crippen molar-refractivity contribution in [3.63, 3.8) is 0 Å². The number of carbonyl (C=O) groups excluding carboxylic acids is 1. The second-order valence-electron chi connectivity index (χ2n) is 5.60. The molecule has 3 atom stereocenters. The molecule has 0 aromatic rings. The molecule has 1 aliphatic heterocycles. The monoisotopic (exact) mass is 300 g/mol. The maximum atomic E-state index is 12.3. The summed E-state index contributed by atoms with van der Waals surface area (Å²) < 4.78 is 0. The second-order valence-corrected chi connectivity index (χ2v) is 7.12. The standard InChI is InChI=1S/C14H24N2O3S/c1-2-20-12-7-3-6-11(12)15-14(19)16-8-4-5-10(9-16)13(17)18/h10-12H,2-9H2,1H3,(H,15,19)(H,17,18)/t10-,11?,12?/m0/s1. The van der Waals surface area contributed by atoms with Crippen LogP contribution >= 0.6 is 11.8 Å². The Balaban J connectivity index is 1.86. The van der Waals surface area contributed by atoms with Gasteiger partial charge in [0, 0.05) is 24.4 Å². The van der Waals surface area contributed by atoms with Crippen LogP contribution in [0, 0.1) is 5.92 Å². The number of hydrogen-bond donors (Lipinski definition) is 2. The molecule has 1 heterocycles. The van der Waals surface area contributed by atoms with E-state index in [1.54, 1.807) is 4.90 Å². The van der Waals surface area contributed by atoms with E-state index in [9.17, 15) is 9.59 Å². The molecule has 2 unspecified atom stereocenters. The predicted molar refractivity (Wildman–Crippen MR) is 80.0 cm³/mol. The fraction of sp³-hybridized carbons (Fsp3) is 0.857. The molecule has 2 aliphatic rings. The highest BCUT2D eigenvalue weighted by molar-refractivity contribution is 7.99. The van der Waals surface area contributed by atoms with E-state index in [1.807, 2.05) is 11.8 Å². The minimum atomic E-state index is -0.789. The van der Waals surface area contributed by atoms with E-state index in [0.29, 0.717) is 24.8 Å². The van der Waals surface area contributed by atoms with Crippen LogP contribution in [0.15, 0.2) is 0 Å². The number of nitrogens with zero attached hydrogens (tertiary/aromatic N) is 1. The molecule has 114 valence electrons. The second kappa shape index (κ2) is 7.20. The summed E-state index contributed by atoms with van der Waals surface area (Å²) in [6, 6.07) is 0.169. The van der Waals surface area contributed by atoms with Crippen LogP contribution in [0.5, 0.6) is 0 Å². The number of nitrogens with one attached hydrogen (secondary N) is 1. The number of carboxylic acid groups (broad SMARTS) is 1. The van der Waals surface area contributed by atoms with Gasteiger partial charge in [0.1, 0.15) is 0 Å². The average molecular weight is 300 g/mol. The number of thioether (sulfide) groups is 1. The number of aliphatic carboxylic acids is 1. The van der Waals surface area contributed by atoms with Crippen molar-refractivity contribution >= 4 is 23.8 Å². The van der Waals surface area contributed by atoms with Crippen LogP contribution in [0.1, 0.15) is 39.0 Å². The molecule has 0 aromatic carbocycles. The molecule has 0 radical (unpaired) electrons. The Morgan fingerprint density at radius 2 is 2.10 bits per heavy atom. The molecular weight excluding hydrogens is 276 g/mol. The van der Waals surface area contributed by atoms with E-state index in [4.69, 9.17) is 5.11 Å². The number of piperidine rings is 1. The van der Waals surface area contributed by atoms with Crippen molar-refractivity contribution in [1.82, 2.24) is 10.2 Å². The molecule has 0 aromatic heterocycles. The Labute approximate surface area is 124 Å². The first-order valence-electron chi connectivity index (χ1n) is 7.51. The van der Waals surface area contributed by atoms with Gasteiger partial charge in [-0.1, -0.05) is 13.3 Å². The fourth-order valence-corrected chi connectivity index (χ4v) is 4.32. The van der Waals surface area contributed by atoms with Crippen LogP contribution in [-0.4, -0.2) is 52.1 Å². The molecule has 5 nitrogen and oxygen atoms in total. The summed E-state index contributed by atoms with van der Waals surface area (Å²) in [5.74, 6) is -0.122. The highest BCUT2D eigenvalue weighted by atomic mass is 32.2. The highest BCUT2D eigenvalue weighted by Crippen LogP contribution is 2.30. The zero-order valence-electron chi connectivity index (χ0n) is 12.0. The lowest BCUT2D eigenvalue weighted by atomic mass is 9.99. The molecular formula is C14H24N2O3S. The molecule has 1 saturated carbocycles. The van der Waals surface area contributed by atoms with Crippen molar-refractivity contribution in [3.8, 4) is 0 Å². The van der Waals surface area contributed by atoms with E-state index >= 15 is 0 Å². The maximum Gasteiger partial charge on any atom is 0.317 e. The molecule has 1 aliphatic carbocycles. The summed E-state index contributed by atoms with van der Waals surface area (Å²) in [6.07, 6.45) is 4.83. The molecule has 20 heavy (non-hydrogen) atoms. The third-order valence-electron chi connectivity index (χ3n) is 4.20. The number of hydrogen-bond acceptors (Lipinski definition) is 3. The fourth-order valence-electron chi connectivity index (χ4n) is 3.12. The third-order valence-corrected chi connectivity index (χ3v) is 5.53. The van der Waals surface area contributed by atoms with Crippen molar-refractivity contribution < 1.29 is 14.7 Å². The van der Waals surface area contributed by atoms with Gasteiger partial charge in [0.2, 0.25) is 0 Å². The lowest BCUT2D eigenvalue weighted by Gasteiger charge is -2.32. The van der Waals surface area contributed by atoms with Crippen molar-refractivity contribution in [2.45, 2.75) is 50.3 Å². The van der Waals surface area contributed by atoms with E-state index in [-0.39, 0.29) is 12.1 Å². The van der Waals surface area contributed by atoms with Crippen molar-refractivity contribution in [1.29, 1.82) is 0 Å². The van der Waals surface area contributed by atoms with Gasteiger partial charge >= 0.3 is 12.0 Å². The van der Waals surface area contributed by atoms with Crippen LogP contribution in [0.2, 0.25) is 0 Å². The first-order chi connectivity index (χ1) is 9.61. The van der Waals surface area contributed by atoms with Crippen molar-refractivity contribution in [2.24, 2.45) is 5.92 Å². The third kappa shape index (κ3) is 3.81. The summed E-state index contributed by atoms with van der Waals surface area (Å²) in [7, 11) is 0. The van der Waals surface area contributed by atoms with Crippen molar-refractivity contribution in [3.05, 3.63) is 0 Å². The van der Waals surface area contributed by atoms with Crippen LogP contribution < -0.4 is 5.32 Å². The Morgan fingerprint density at radius 1 is 1.30 bits per heavy atom.